The second kappa shape index (κ2) is 8.04. The third kappa shape index (κ3) is 4.16. The van der Waals surface area contributed by atoms with Crippen molar-refractivity contribution < 1.29 is 9.90 Å². The van der Waals surface area contributed by atoms with Crippen molar-refractivity contribution in [2.75, 3.05) is 19.7 Å². The molecule has 102 valence electrons. The van der Waals surface area contributed by atoms with Crippen molar-refractivity contribution in [2.45, 2.75) is 32.7 Å². The molecular formula is C13H20BrNO2S. The van der Waals surface area contributed by atoms with Crippen LogP contribution in [-0.2, 0) is 0 Å². The van der Waals surface area contributed by atoms with Gasteiger partial charge in [0.2, 0.25) is 0 Å². The fourth-order valence-corrected chi connectivity index (χ4v) is 3.60. The molecule has 18 heavy (non-hydrogen) atoms. The Morgan fingerprint density at radius 2 is 2.17 bits per heavy atom. The van der Waals surface area contributed by atoms with E-state index < -0.39 is 0 Å². The SMILES string of the molecule is CCC(CC)N(CCO)CC(=O)c1sccc1Br. The van der Waals surface area contributed by atoms with Gasteiger partial charge in [-0.1, -0.05) is 13.8 Å². The van der Waals surface area contributed by atoms with Gasteiger partial charge in [0.15, 0.2) is 5.78 Å². The third-order valence-electron chi connectivity index (χ3n) is 3.06. The number of hydrogen-bond acceptors (Lipinski definition) is 4. The molecule has 0 aromatic carbocycles. The summed E-state index contributed by atoms with van der Waals surface area (Å²) in [6, 6.07) is 2.26. The first-order valence-corrected chi connectivity index (χ1v) is 7.92. The van der Waals surface area contributed by atoms with Gasteiger partial charge in [-0.05, 0) is 40.2 Å². The molecule has 1 N–H and O–H groups in total. The molecule has 1 rings (SSSR count). The standard InChI is InChI=1S/C13H20BrNO2S/c1-3-10(4-2)15(6-7-16)9-12(17)13-11(14)5-8-18-13/h5,8,10,16H,3-4,6-7,9H2,1-2H3. The predicted molar refractivity (Wildman–Crippen MR) is 79.4 cm³/mol. The zero-order chi connectivity index (χ0) is 13.5. The van der Waals surface area contributed by atoms with Crippen LogP contribution in [-0.4, -0.2) is 41.5 Å². The summed E-state index contributed by atoms with van der Waals surface area (Å²) in [4.78, 5) is 15.1. The number of aliphatic hydroxyl groups excluding tert-OH is 1. The van der Waals surface area contributed by atoms with Crippen LogP contribution in [0.5, 0.6) is 0 Å². The van der Waals surface area contributed by atoms with Crippen molar-refractivity contribution >= 4 is 33.0 Å². The Kier molecular flexibility index (Phi) is 7.07. The number of halogens is 1. The van der Waals surface area contributed by atoms with Crippen LogP contribution < -0.4 is 0 Å². The molecule has 5 heteroatoms. The van der Waals surface area contributed by atoms with E-state index in [4.69, 9.17) is 5.11 Å². The van der Waals surface area contributed by atoms with Crippen LogP contribution in [0.25, 0.3) is 0 Å². The van der Waals surface area contributed by atoms with Crippen molar-refractivity contribution in [2.24, 2.45) is 0 Å². The topological polar surface area (TPSA) is 40.5 Å². The van der Waals surface area contributed by atoms with Crippen molar-refractivity contribution in [3.05, 3.63) is 20.8 Å². The van der Waals surface area contributed by atoms with Gasteiger partial charge in [-0.3, -0.25) is 9.69 Å². The maximum Gasteiger partial charge on any atom is 0.187 e. The second-order valence-electron chi connectivity index (χ2n) is 4.19. The average Bonchev–Trinajstić information content (AvgIpc) is 2.77. The van der Waals surface area contributed by atoms with Crippen LogP contribution in [0.15, 0.2) is 15.9 Å². The highest BCUT2D eigenvalue weighted by molar-refractivity contribution is 9.10. The van der Waals surface area contributed by atoms with Gasteiger partial charge >= 0.3 is 0 Å². The highest BCUT2D eigenvalue weighted by Crippen LogP contribution is 2.23. The van der Waals surface area contributed by atoms with E-state index in [0.717, 1.165) is 22.2 Å². The number of aliphatic hydroxyl groups is 1. The Hall–Kier alpha value is -0.230. The Morgan fingerprint density at radius 3 is 2.61 bits per heavy atom. The average molecular weight is 334 g/mol. The van der Waals surface area contributed by atoms with E-state index >= 15 is 0 Å². The Bertz CT molecular complexity index is 377. The van der Waals surface area contributed by atoms with Crippen molar-refractivity contribution in [3.63, 3.8) is 0 Å². The molecule has 1 aromatic rings. The number of Topliss-reactive ketones (excluding diaryl/α,β-unsaturated/α-hetero) is 1. The monoisotopic (exact) mass is 333 g/mol. The molecule has 0 bridgehead atoms. The minimum Gasteiger partial charge on any atom is -0.395 e. The smallest absolute Gasteiger partial charge is 0.187 e. The van der Waals surface area contributed by atoms with Gasteiger partial charge in [0.1, 0.15) is 0 Å². The summed E-state index contributed by atoms with van der Waals surface area (Å²) in [6.07, 6.45) is 1.99. The van der Waals surface area contributed by atoms with E-state index in [1.807, 2.05) is 11.4 Å². The molecule has 0 atom stereocenters. The number of thiophene rings is 1. The zero-order valence-corrected chi connectivity index (χ0v) is 13.3. The molecule has 0 aliphatic heterocycles. The molecule has 0 aliphatic rings. The molecule has 0 spiro atoms. The normalized spacial score (nSPS) is 11.4. The number of carbonyl (C=O) groups excluding carboxylic acids is 1. The van der Waals surface area contributed by atoms with E-state index in [2.05, 4.69) is 34.7 Å². The van der Waals surface area contributed by atoms with Crippen LogP contribution in [0.4, 0.5) is 0 Å². The predicted octanol–water partition coefficient (Wildman–Crippen LogP) is 3.18. The van der Waals surface area contributed by atoms with Crippen LogP contribution in [0.3, 0.4) is 0 Å². The molecular weight excluding hydrogens is 314 g/mol. The van der Waals surface area contributed by atoms with Gasteiger partial charge in [0.25, 0.3) is 0 Å². The highest BCUT2D eigenvalue weighted by Gasteiger charge is 2.20. The van der Waals surface area contributed by atoms with E-state index in [0.29, 0.717) is 19.1 Å². The maximum absolute atomic E-state index is 12.2. The van der Waals surface area contributed by atoms with Crippen molar-refractivity contribution in [1.82, 2.24) is 4.90 Å². The van der Waals surface area contributed by atoms with Crippen LogP contribution in [0.2, 0.25) is 0 Å². The molecule has 0 aliphatic carbocycles. The summed E-state index contributed by atoms with van der Waals surface area (Å²) in [6.45, 7) is 5.26. The zero-order valence-electron chi connectivity index (χ0n) is 10.9. The maximum atomic E-state index is 12.2. The van der Waals surface area contributed by atoms with Gasteiger partial charge in [-0.25, -0.2) is 0 Å². The van der Waals surface area contributed by atoms with Gasteiger partial charge < -0.3 is 5.11 Å². The van der Waals surface area contributed by atoms with E-state index in [-0.39, 0.29) is 12.4 Å². The molecule has 1 aromatic heterocycles. The molecule has 0 radical (unpaired) electrons. The van der Waals surface area contributed by atoms with E-state index in [9.17, 15) is 4.79 Å². The summed E-state index contributed by atoms with van der Waals surface area (Å²) < 4.78 is 0.867. The van der Waals surface area contributed by atoms with Gasteiger partial charge in [0, 0.05) is 17.1 Å². The van der Waals surface area contributed by atoms with Crippen LogP contribution >= 0.6 is 27.3 Å². The van der Waals surface area contributed by atoms with Crippen molar-refractivity contribution in [1.29, 1.82) is 0 Å². The lowest BCUT2D eigenvalue weighted by atomic mass is 10.1. The van der Waals surface area contributed by atoms with Crippen molar-refractivity contribution in [3.8, 4) is 0 Å². The van der Waals surface area contributed by atoms with Crippen LogP contribution in [0, 0.1) is 0 Å². The van der Waals surface area contributed by atoms with E-state index in [1.165, 1.54) is 11.3 Å². The highest BCUT2D eigenvalue weighted by atomic mass is 79.9. The minimum absolute atomic E-state index is 0.0926. The van der Waals surface area contributed by atoms with Crippen LogP contribution in [0.1, 0.15) is 36.4 Å². The molecule has 0 saturated heterocycles. The lowest BCUT2D eigenvalue weighted by Crippen LogP contribution is -2.40. The molecule has 3 nitrogen and oxygen atoms in total. The largest absolute Gasteiger partial charge is 0.395 e. The summed E-state index contributed by atoms with van der Waals surface area (Å²) in [5.41, 5.74) is 0. The van der Waals surface area contributed by atoms with Gasteiger partial charge in [0.05, 0.1) is 18.0 Å². The lowest BCUT2D eigenvalue weighted by molar-refractivity contribution is 0.0853. The first kappa shape index (κ1) is 15.8. The first-order chi connectivity index (χ1) is 8.63. The summed E-state index contributed by atoms with van der Waals surface area (Å²) in [5.74, 6) is 0.122. The second-order valence-corrected chi connectivity index (χ2v) is 5.96. The van der Waals surface area contributed by atoms with Gasteiger partial charge in [-0.2, -0.15) is 0 Å². The quantitative estimate of drug-likeness (QED) is 0.743. The Balaban J connectivity index is 2.71. The summed E-state index contributed by atoms with van der Waals surface area (Å²) in [5, 5.41) is 11.0. The number of ketones is 1. The lowest BCUT2D eigenvalue weighted by Gasteiger charge is -2.28. The number of carbonyl (C=O) groups is 1. The first-order valence-electron chi connectivity index (χ1n) is 6.25. The number of nitrogens with zero attached hydrogens (tertiary/aromatic N) is 1. The minimum atomic E-state index is 0.0926. The van der Waals surface area contributed by atoms with Gasteiger partial charge in [-0.15, -0.1) is 11.3 Å². The Morgan fingerprint density at radius 1 is 1.50 bits per heavy atom. The molecule has 0 saturated carbocycles. The Labute approximate surface area is 121 Å². The summed E-state index contributed by atoms with van der Waals surface area (Å²) >= 11 is 4.85. The molecule has 1 heterocycles. The third-order valence-corrected chi connectivity index (χ3v) is 4.94. The van der Waals surface area contributed by atoms with E-state index in [1.54, 1.807) is 0 Å². The fourth-order valence-electron chi connectivity index (χ4n) is 2.07. The summed E-state index contributed by atoms with van der Waals surface area (Å²) in [7, 11) is 0. The number of rotatable bonds is 8. The fraction of sp³-hybridized carbons (Fsp3) is 0.615. The molecule has 0 unspecified atom stereocenters. The number of hydrogen-bond donors (Lipinski definition) is 1. The molecule has 0 amide bonds. The molecule has 0 fully saturated rings.